The van der Waals surface area contributed by atoms with Crippen LogP contribution in [0, 0.1) is 11.7 Å². The Morgan fingerprint density at radius 2 is 1.71 bits per heavy atom. The van der Waals surface area contributed by atoms with Gasteiger partial charge < -0.3 is 15.1 Å². The Hall–Kier alpha value is -2.70. The lowest BCUT2D eigenvalue weighted by atomic mass is 9.95. The summed E-state index contributed by atoms with van der Waals surface area (Å²) in [5, 5.41) is 2.88. The van der Waals surface area contributed by atoms with Crippen molar-refractivity contribution in [1.29, 1.82) is 0 Å². The predicted molar refractivity (Wildman–Crippen MR) is 107 cm³/mol. The van der Waals surface area contributed by atoms with Gasteiger partial charge >= 0.3 is 0 Å². The van der Waals surface area contributed by atoms with Crippen molar-refractivity contribution in [1.82, 2.24) is 15.3 Å². The molecular weight excluding hydrogens is 357 g/mol. The van der Waals surface area contributed by atoms with Gasteiger partial charge in [-0.3, -0.25) is 4.79 Å². The number of aromatic nitrogens is 2. The van der Waals surface area contributed by atoms with E-state index in [0.29, 0.717) is 5.56 Å². The molecular formula is C21H26FN5O. The van der Waals surface area contributed by atoms with Crippen molar-refractivity contribution in [3.8, 4) is 0 Å². The van der Waals surface area contributed by atoms with Crippen molar-refractivity contribution in [2.24, 2.45) is 5.92 Å². The largest absolute Gasteiger partial charge is 0.369 e. The quantitative estimate of drug-likeness (QED) is 0.860. The Labute approximate surface area is 164 Å². The molecule has 2 saturated heterocycles. The van der Waals surface area contributed by atoms with Crippen LogP contribution in [0.4, 0.5) is 16.0 Å². The minimum atomic E-state index is -0.282. The molecule has 2 aliphatic rings. The Bertz CT molecular complexity index is 799. The van der Waals surface area contributed by atoms with E-state index >= 15 is 0 Å². The number of nitrogens with one attached hydrogen (secondary N) is 1. The van der Waals surface area contributed by atoms with Crippen LogP contribution in [0.3, 0.4) is 0 Å². The maximum absolute atomic E-state index is 13.7. The van der Waals surface area contributed by atoms with Crippen LogP contribution >= 0.6 is 0 Å². The van der Waals surface area contributed by atoms with Crippen molar-refractivity contribution in [3.05, 3.63) is 48.0 Å². The summed E-state index contributed by atoms with van der Waals surface area (Å²) in [6.07, 6.45) is 7.74. The first-order valence-electron chi connectivity index (χ1n) is 10.0. The second-order valence-electron chi connectivity index (χ2n) is 7.51. The van der Waals surface area contributed by atoms with Gasteiger partial charge in [0.1, 0.15) is 5.82 Å². The van der Waals surface area contributed by atoms with Gasteiger partial charge in [-0.05, 0) is 31.7 Å². The van der Waals surface area contributed by atoms with Crippen LogP contribution in [0.5, 0.6) is 0 Å². The van der Waals surface area contributed by atoms with Crippen LogP contribution in [0.15, 0.2) is 36.7 Å². The lowest BCUT2D eigenvalue weighted by molar-refractivity contribution is -0.125. The van der Waals surface area contributed by atoms with Gasteiger partial charge in [0.2, 0.25) is 11.9 Å². The molecule has 6 nitrogen and oxygen atoms in total. The summed E-state index contributed by atoms with van der Waals surface area (Å²) in [5.41, 5.74) is 1.52. The number of hydrogen-bond donors (Lipinski definition) is 1. The average molecular weight is 383 g/mol. The molecule has 0 spiro atoms. The van der Waals surface area contributed by atoms with Crippen LogP contribution in [-0.2, 0) is 11.3 Å². The van der Waals surface area contributed by atoms with E-state index in [4.69, 9.17) is 0 Å². The molecule has 0 unspecified atom stereocenters. The molecule has 2 fully saturated rings. The van der Waals surface area contributed by atoms with Gasteiger partial charge in [0.15, 0.2) is 0 Å². The van der Waals surface area contributed by atoms with Gasteiger partial charge in [-0.2, -0.15) is 0 Å². The van der Waals surface area contributed by atoms with E-state index in [1.807, 2.05) is 12.4 Å². The lowest BCUT2D eigenvalue weighted by Crippen LogP contribution is -2.40. The predicted octanol–water partition coefficient (Wildman–Crippen LogP) is 2.75. The van der Waals surface area contributed by atoms with E-state index in [0.717, 1.165) is 50.7 Å². The Morgan fingerprint density at radius 1 is 1.04 bits per heavy atom. The molecule has 28 heavy (non-hydrogen) atoms. The second kappa shape index (κ2) is 8.54. The Kier molecular flexibility index (Phi) is 5.69. The summed E-state index contributed by atoms with van der Waals surface area (Å²) in [4.78, 5) is 25.9. The number of rotatable bonds is 5. The first-order chi connectivity index (χ1) is 13.7. The van der Waals surface area contributed by atoms with E-state index in [9.17, 15) is 9.18 Å². The van der Waals surface area contributed by atoms with Gasteiger partial charge in [0, 0.05) is 44.2 Å². The summed E-state index contributed by atoms with van der Waals surface area (Å²) >= 11 is 0. The third kappa shape index (κ3) is 4.24. The minimum absolute atomic E-state index is 0.00327. The SMILES string of the molecule is O=C(NCc1ccccc1F)C1CCN(c2cnc(N3CCCC3)nc2)CC1. The molecule has 1 amide bonds. The molecule has 0 bridgehead atoms. The molecule has 0 atom stereocenters. The number of amides is 1. The van der Waals surface area contributed by atoms with Crippen molar-refractivity contribution >= 4 is 17.5 Å². The third-order valence-electron chi connectivity index (χ3n) is 5.66. The van der Waals surface area contributed by atoms with E-state index < -0.39 is 0 Å². The van der Waals surface area contributed by atoms with Gasteiger partial charge in [-0.1, -0.05) is 18.2 Å². The van der Waals surface area contributed by atoms with E-state index in [-0.39, 0.29) is 24.2 Å². The number of benzene rings is 1. The smallest absolute Gasteiger partial charge is 0.225 e. The number of hydrogen-bond acceptors (Lipinski definition) is 5. The number of halogens is 1. The first kappa shape index (κ1) is 18.7. The summed E-state index contributed by atoms with van der Waals surface area (Å²) in [6, 6.07) is 6.54. The zero-order valence-electron chi connectivity index (χ0n) is 16.0. The Morgan fingerprint density at radius 3 is 2.39 bits per heavy atom. The van der Waals surface area contributed by atoms with E-state index in [1.165, 1.54) is 18.9 Å². The topological polar surface area (TPSA) is 61.4 Å². The number of piperidine rings is 1. The molecule has 1 aromatic heterocycles. The van der Waals surface area contributed by atoms with E-state index in [1.54, 1.807) is 18.2 Å². The molecule has 2 aliphatic heterocycles. The highest BCUT2D eigenvalue weighted by Crippen LogP contribution is 2.24. The fourth-order valence-electron chi connectivity index (χ4n) is 3.93. The zero-order valence-corrected chi connectivity index (χ0v) is 16.0. The Balaban J connectivity index is 1.27. The molecule has 1 aromatic carbocycles. The fourth-order valence-corrected chi connectivity index (χ4v) is 3.93. The molecule has 2 aromatic rings. The monoisotopic (exact) mass is 383 g/mol. The van der Waals surface area contributed by atoms with Gasteiger partial charge in [-0.15, -0.1) is 0 Å². The molecule has 1 N–H and O–H groups in total. The molecule has 148 valence electrons. The third-order valence-corrected chi connectivity index (χ3v) is 5.66. The highest BCUT2D eigenvalue weighted by Gasteiger charge is 2.25. The van der Waals surface area contributed by atoms with E-state index in [2.05, 4.69) is 25.1 Å². The second-order valence-corrected chi connectivity index (χ2v) is 7.51. The number of nitrogens with zero attached hydrogens (tertiary/aromatic N) is 4. The number of anilines is 2. The standard InChI is InChI=1S/C21H26FN5O/c22-19-6-2-1-5-17(19)13-23-20(28)16-7-11-26(12-8-16)18-14-24-21(25-15-18)27-9-3-4-10-27/h1-2,5-6,14-16H,3-4,7-13H2,(H,23,28). The van der Waals surface area contributed by atoms with Crippen LogP contribution in [0.1, 0.15) is 31.2 Å². The van der Waals surface area contributed by atoms with Crippen molar-refractivity contribution in [2.75, 3.05) is 36.0 Å². The van der Waals surface area contributed by atoms with Crippen molar-refractivity contribution in [3.63, 3.8) is 0 Å². The van der Waals surface area contributed by atoms with Gasteiger partial charge in [-0.25, -0.2) is 14.4 Å². The summed E-state index contributed by atoms with van der Waals surface area (Å²) in [5.74, 6) is 0.495. The number of carbonyl (C=O) groups excluding carboxylic acids is 1. The molecule has 0 saturated carbocycles. The fraction of sp³-hybridized carbons (Fsp3) is 0.476. The minimum Gasteiger partial charge on any atom is -0.369 e. The van der Waals surface area contributed by atoms with Gasteiger partial charge in [0.25, 0.3) is 0 Å². The maximum Gasteiger partial charge on any atom is 0.225 e. The molecule has 7 heteroatoms. The summed E-state index contributed by atoms with van der Waals surface area (Å²) < 4.78 is 13.7. The summed E-state index contributed by atoms with van der Waals surface area (Å²) in [7, 11) is 0. The molecule has 3 heterocycles. The molecule has 4 rings (SSSR count). The van der Waals surface area contributed by atoms with Crippen molar-refractivity contribution < 1.29 is 9.18 Å². The number of carbonyl (C=O) groups is 1. The van der Waals surface area contributed by atoms with Crippen molar-refractivity contribution in [2.45, 2.75) is 32.2 Å². The molecule has 0 radical (unpaired) electrons. The van der Waals surface area contributed by atoms with Crippen LogP contribution < -0.4 is 15.1 Å². The van der Waals surface area contributed by atoms with Crippen LogP contribution in [0.2, 0.25) is 0 Å². The highest BCUT2D eigenvalue weighted by molar-refractivity contribution is 5.79. The normalized spacial score (nSPS) is 17.8. The highest BCUT2D eigenvalue weighted by atomic mass is 19.1. The summed E-state index contributed by atoms with van der Waals surface area (Å²) in [6.45, 7) is 3.89. The lowest BCUT2D eigenvalue weighted by Gasteiger charge is -2.32. The van der Waals surface area contributed by atoms with Crippen LogP contribution in [-0.4, -0.2) is 42.1 Å². The maximum atomic E-state index is 13.7. The zero-order chi connectivity index (χ0) is 19.3. The molecule has 0 aliphatic carbocycles. The van der Waals surface area contributed by atoms with Gasteiger partial charge in [0.05, 0.1) is 18.1 Å². The average Bonchev–Trinajstić information content (AvgIpc) is 3.28. The van der Waals surface area contributed by atoms with Crippen LogP contribution in [0.25, 0.3) is 0 Å². The first-order valence-corrected chi connectivity index (χ1v) is 10.0.